The van der Waals surface area contributed by atoms with Gasteiger partial charge in [0.1, 0.15) is 0 Å². The maximum atomic E-state index is 2.60. The molecule has 4 fully saturated rings. The highest BCUT2D eigenvalue weighted by molar-refractivity contribution is 6.25. The zero-order valence-corrected chi connectivity index (χ0v) is 28.2. The monoisotopic (exact) mass is 638 g/mol. The molecule has 0 heterocycles. The fraction of sp³-hybridized carbons (Fsp3) is 0.200. The summed E-state index contributed by atoms with van der Waals surface area (Å²) in [6, 6.07) is 55.7. The molecule has 4 bridgehead atoms. The largest absolute Gasteiger partial charge is 0.0619 e. The zero-order valence-electron chi connectivity index (χ0n) is 28.2. The zero-order chi connectivity index (χ0) is 32.6. The topological polar surface area (TPSA) is 0 Å². The van der Waals surface area contributed by atoms with Crippen LogP contribution in [0.25, 0.3) is 76.5 Å². The first-order valence-electron chi connectivity index (χ1n) is 18.9. The third-order valence-corrected chi connectivity index (χ3v) is 13.8. The Morgan fingerprint density at radius 2 is 0.780 bits per heavy atom. The molecule has 8 aromatic rings. The Balaban J connectivity index is 1.16. The van der Waals surface area contributed by atoms with E-state index in [1.54, 1.807) is 11.1 Å². The molecule has 0 radical (unpaired) electrons. The summed E-state index contributed by atoms with van der Waals surface area (Å²) in [5.41, 5.74) is 11.8. The van der Waals surface area contributed by atoms with Gasteiger partial charge in [-0.3, -0.25) is 0 Å². The smallest absolute Gasteiger partial charge is 0.0272 e. The Labute approximate surface area is 293 Å². The van der Waals surface area contributed by atoms with Gasteiger partial charge in [0.15, 0.2) is 0 Å². The second-order valence-electron chi connectivity index (χ2n) is 16.0. The van der Waals surface area contributed by atoms with Crippen molar-refractivity contribution in [1.82, 2.24) is 0 Å². The Morgan fingerprint density at radius 1 is 0.320 bits per heavy atom. The van der Waals surface area contributed by atoms with Crippen molar-refractivity contribution >= 4 is 43.1 Å². The Bertz CT molecular complexity index is 2640. The van der Waals surface area contributed by atoms with E-state index in [-0.39, 0.29) is 5.41 Å². The van der Waals surface area contributed by atoms with Gasteiger partial charge in [0, 0.05) is 5.41 Å². The van der Waals surface area contributed by atoms with Crippen LogP contribution in [0.3, 0.4) is 0 Å². The van der Waals surface area contributed by atoms with Crippen molar-refractivity contribution < 1.29 is 0 Å². The van der Waals surface area contributed by atoms with Gasteiger partial charge in [-0.05, 0) is 143 Å². The van der Waals surface area contributed by atoms with Crippen LogP contribution in [0.1, 0.15) is 43.2 Å². The normalized spacial score (nSPS) is 24.5. The molecule has 0 amide bonds. The van der Waals surface area contributed by atoms with Crippen molar-refractivity contribution in [3.05, 3.63) is 157 Å². The molecule has 13 rings (SSSR count). The van der Waals surface area contributed by atoms with Crippen LogP contribution in [0.2, 0.25) is 0 Å². The number of hydrogen-bond acceptors (Lipinski definition) is 0. The van der Waals surface area contributed by atoms with Crippen LogP contribution in [-0.2, 0) is 5.41 Å². The van der Waals surface area contributed by atoms with Crippen molar-refractivity contribution in [3.63, 3.8) is 0 Å². The van der Waals surface area contributed by atoms with E-state index in [2.05, 4.69) is 146 Å². The first-order chi connectivity index (χ1) is 24.8. The first kappa shape index (κ1) is 27.6. The van der Waals surface area contributed by atoms with Crippen LogP contribution >= 0.6 is 0 Å². The molecule has 5 aliphatic carbocycles. The second-order valence-corrected chi connectivity index (χ2v) is 16.0. The molecule has 1 spiro atoms. The maximum absolute atomic E-state index is 2.60. The van der Waals surface area contributed by atoms with E-state index in [9.17, 15) is 0 Å². The minimum absolute atomic E-state index is 0.184. The lowest BCUT2D eigenvalue weighted by Crippen LogP contribution is -2.55. The highest BCUT2D eigenvalue weighted by atomic mass is 14.6. The first-order valence-corrected chi connectivity index (χ1v) is 18.9. The highest BCUT2D eigenvalue weighted by Gasteiger charge is 2.61. The minimum atomic E-state index is 0.184. The summed E-state index contributed by atoms with van der Waals surface area (Å²) < 4.78 is 0. The summed E-state index contributed by atoms with van der Waals surface area (Å²) in [7, 11) is 0. The number of hydrogen-bond donors (Lipinski definition) is 0. The molecular weight excluding hydrogens is 601 g/mol. The van der Waals surface area contributed by atoms with Gasteiger partial charge < -0.3 is 0 Å². The minimum Gasteiger partial charge on any atom is -0.0619 e. The van der Waals surface area contributed by atoms with Gasteiger partial charge in [0.25, 0.3) is 0 Å². The molecule has 0 nitrogen and oxygen atoms in total. The van der Waals surface area contributed by atoms with Crippen molar-refractivity contribution in [1.29, 1.82) is 0 Å². The summed E-state index contributed by atoms with van der Waals surface area (Å²) in [6.45, 7) is 0. The van der Waals surface area contributed by atoms with E-state index in [1.165, 1.54) is 109 Å². The number of rotatable bonds is 2. The molecule has 0 N–H and O–H groups in total. The van der Waals surface area contributed by atoms with Crippen LogP contribution in [0, 0.1) is 23.7 Å². The standard InChI is InChI=1S/C50H38/c1-2-13-35-32(11-1)12-9-19-37(35)47-40-14-3-5-16-42(40)48(43-17-6-4-15-41(43)47)38-20-10-21-39-36(38)23-24-46-49(39)44-18-7-8-22-45(44)50(46)33-26-30-25-31(28-33)29-34(50)27-30/h1-24,30-31,33-34H,25-29H2. The van der Waals surface area contributed by atoms with Gasteiger partial charge in [0.2, 0.25) is 0 Å². The molecule has 238 valence electrons. The third kappa shape index (κ3) is 3.42. The van der Waals surface area contributed by atoms with Crippen LogP contribution < -0.4 is 0 Å². The molecule has 0 saturated heterocycles. The second kappa shape index (κ2) is 9.95. The van der Waals surface area contributed by atoms with Gasteiger partial charge in [-0.25, -0.2) is 0 Å². The van der Waals surface area contributed by atoms with Crippen molar-refractivity contribution in [2.24, 2.45) is 23.7 Å². The predicted octanol–water partition coefficient (Wildman–Crippen LogP) is 13.4. The lowest BCUT2D eigenvalue weighted by Gasteiger charge is -2.61. The third-order valence-electron chi connectivity index (χ3n) is 13.8. The maximum Gasteiger partial charge on any atom is 0.0272 e. The molecule has 0 unspecified atom stereocenters. The molecule has 0 aromatic heterocycles. The van der Waals surface area contributed by atoms with E-state index in [0.29, 0.717) is 0 Å². The molecule has 4 saturated carbocycles. The number of fused-ring (bicyclic) bond motifs is 8. The average molecular weight is 639 g/mol. The predicted molar refractivity (Wildman–Crippen MR) is 211 cm³/mol. The van der Waals surface area contributed by atoms with Gasteiger partial charge in [-0.2, -0.15) is 0 Å². The van der Waals surface area contributed by atoms with Crippen LogP contribution in [0.4, 0.5) is 0 Å². The number of benzene rings is 8. The average Bonchev–Trinajstić information content (AvgIpc) is 3.46. The van der Waals surface area contributed by atoms with Gasteiger partial charge in [-0.15, -0.1) is 0 Å². The van der Waals surface area contributed by atoms with Crippen molar-refractivity contribution in [2.45, 2.75) is 37.5 Å². The van der Waals surface area contributed by atoms with Crippen LogP contribution in [-0.4, -0.2) is 0 Å². The van der Waals surface area contributed by atoms with E-state index < -0.39 is 0 Å². The molecule has 0 heteroatoms. The molecule has 0 atom stereocenters. The highest BCUT2D eigenvalue weighted by Crippen LogP contribution is 2.70. The summed E-state index contributed by atoms with van der Waals surface area (Å²) in [6.07, 6.45) is 7.15. The Kier molecular flexibility index (Phi) is 5.49. The van der Waals surface area contributed by atoms with E-state index in [0.717, 1.165) is 23.7 Å². The Hall–Kier alpha value is -5.20. The Morgan fingerprint density at radius 3 is 1.44 bits per heavy atom. The van der Waals surface area contributed by atoms with E-state index in [4.69, 9.17) is 0 Å². The quantitative estimate of drug-likeness (QED) is 0.165. The fourth-order valence-electron chi connectivity index (χ4n) is 12.4. The van der Waals surface area contributed by atoms with Crippen molar-refractivity contribution in [2.75, 3.05) is 0 Å². The molecule has 50 heavy (non-hydrogen) atoms. The summed E-state index contributed by atoms with van der Waals surface area (Å²) in [5, 5.41) is 10.6. The van der Waals surface area contributed by atoms with E-state index >= 15 is 0 Å². The van der Waals surface area contributed by atoms with Gasteiger partial charge >= 0.3 is 0 Å². The van der Waals surface area contributed by atoms with Gasteiger partial charge in [-0.1, -0.05) is 146 Å². The molecule has 8 aromatic carbocycles. The van der Waals surface area contributed by atoms with Crippen molar-refractivity contribution in [3.8, 4) is 33.4 Å². The molecule has 0 aliphatic heterocycles. The van der Waals surface area contributed by atoms with Crippen LogP contribution in [0.5, 0.6) is 0 Å². The summed E-state index contributed by atoms with van der Waals surface area (Å²) >= 11 is 0. The lowest BCUT2D eigenvalue weighted by molar-refractivity contribution is -0.0399. The summed E-state index contributed by atoms with van der Waals surface area (Å²) in [4.78, 5) is 0. The van der Waals surface area contributed by atoms with Gasteiger partial charge in [0.05, 0.1) is 0 Å². The summed E-state index contributed by atoms with van der Waals surface area (Å²) in [5.74, 6) is 3.45. The molecule has 5 aliphatic rings. The lowest BCUT2D eigenvalue weighted by atomic mass is 9.43. The van der Waals surface area contributed by atoms with Crippen LogP contribution in [0.15, 0.2) is 146 Å². The molecular formula is C50H38. The fourth-order valence-corrected chi connectivity index (χ4v) is 12.4. The van der Waals surface area contributed by atoms with E-state index in [1.807, 2.05) is 0 Å². The SMILES string of the molecule is c1ccc2c(c1)-c1c(ccc3c(-c4c5ccccc5c(-c5cccc6ccccc56)c5ccccc45)cccc13)C21C2CC3CC(C2)CC1C3.